The quantitative estimate of drug-likeness (QED) is 0.0705. The molecule has 23 nitrogen and oxygen atoms in total. The van der Waals surface area contributed by atoms with E-state index in [4.69, 9.17) is 34.7 Å². The van der Waals surface area contributed by atoms with Crippen molar-refractivity contribution in [2.75, 3.05) is 144 Å². The molecule has 0 saturated carbocycles. The van der Waals surface area contributed by atoms with Gasteiger partial charge >= 0.3 is 18.0 Å². The van der Waals surface area contributed by atoms with Crippen LogP contribution in [0.25, 0.3) is 33.8 Å². The van der Waals surface area contributed by atoms with Crippen molar-refractivity contribution in [2.45, 2.75) is 86.1 Å². The van der Waals surface area contributed by atoms with Gasteiger partial charge in [0, 0.05) is 133 Å². The fraction of sp³-hybridized carbons (Fsp3) is 0.429. The van der Waals surface area contributed by atoms with E-state index in [1.165, 1.54) is 25.2 Å². The van der Waals surface area contributed by atoms with Crippen molar-refractivity contribution in [3.8, 4) is 22.8 Å². The highest BCUT2D eigenvalue weighted by molar-refractivity contribution is 6.01. The van der Waals surface area contributed by atoms with Gasteiger partial charge in [-0.2, -0.15) is 0 Å². The van der Waals surface area contributed by atoms with Crippen LogP contribution in [-0.2, 0) is 20.3 Å². The average Bonchev–Trinajstić information content (AvgIpc) is 1.70. The Morgan fingerprint density at radius 3 is 1.22 bits per heavy atom. The Balaban J connectivity index is 0.000000214. The van der Waals surface area contributed by atoms with Crippen molar-refractivity contribution >= 4 is 69.4 Å². The van der Waals surface area contributed by atoms with E-state index in [-0.39, 0.29) is 43.2 Å². The molecular weight excluding hydrogens is 1180 g/mol. The van der Waals surface area contributed by atoms with Crippen LogP contribution in [0.5, 0.6) is 0 Å². The lowest BCUT2D eigenvalue weighted by molar-refractivity contribution is 0.0661. The smallest absolute Gasteiger partial charge is 0.335 e. The van der Waals surface area contributed by atoms with Gasteiger partial charge in [0.15, 0.2) is 23.3 Å². The number of nitrogens with zero attached hydrogens (tertiary/aromatic N) is 11. The molecule has 4 fully saturated rings. The summed E-state index contributed by atoms with van der Waals surface area (Å²) in [5, 5.41) is 33.4. The van der Waals surface area contributed by atoms with E-state index < -0.39 is 12.0 Å². The van der Waals surface area contributed by atoms with Gasteiger partial charge in [0.2, 0.25) is 0 Å². The average molecular weight is 1270 g/mol. The summed E-state index contributed by atoms with van der Waals surface area (Å²) in [6, 6.07) is 36.0. The summed E-state index contributed by atoms with van der Waals surface area (Å²) >= 11 is 0. The Kier molecular flexibility index (Phi) is 23.4. The van der Waals surface area contributed by atoms with Gasteiger partial charge in [-0.1, -0.05) is 56.4 Å². The number of hydrogen-bond acceptors (Lipinski definition) is 15. The fourth-order valence-corrected chi connectivity index (χ4v) is 11.3. The molecule has 0 atom stereocenters. The van der Waals surface area contributed by atoms with E-state index in [0.717, 1.165) is 110 Å². The first-order valence-electron chi connectivity index (χ1n) is 31.3. The van der Waals surface area contributed by atoms with Crippen molar-refractivity contribution in [1.82, 2.24) is 49.2 Å². The number of benzene rings is 4. The van der Waals surface area contributed by atoms with Gasteiger partial charge < -0.3 is 65.7 Å². The Morgan fingerprint density at radius 2 is 0.882 bits per heavy atom. The molecule has 0 bridgehead atoms. The minimum Gasteiger partial charge on any atom is -0.478 e. The standard InChI is InChI=1S/C35H44N8O3.C28H30N6O4.C5H12N2.2CH4/c1-35(2,3)30-15-14-29-32(41-20-22-46-23-21-41)38-31(39-43(29)30)24-6-10-26(11-7-24)36-34(45)37-27-12-8-25(9-13-27)33(44)42-18-16-28(17-19-42)40(4)5;1-28(2,3)23-13-12-22-25(33-14-16-38-17-15-33)31-24(32-34(22)23)18-4-8-20(9-5-18)29-27(37)30-21-10-6-19(7-11-21)26(35)36;1-7-4-2-6-3-5-7;;/h6-15,28H,16-23H2,1-5H3,(H2,36,37,45);4-13H,14-17H2,1-3H3,(H,35,36)(H2,29,30,37);6H,2-5H2,1H3;2*1H4. The number of likely N-dealkylation sites (N-methyl/N-ethyl adjacent to an activating group) is 1. The molecule has 4 aliphatic rings. The van der Waals surface area contributed by atoms with Gasteiger partial charge in [-0.15, -0.1) is 10.2 Å². The lowest BCUT2D eigenvalue weighted by atomic mass is 9.92. The van der Waals surface area contributed by atoms with Crippen LogP contribution in [0.15, 0.2) is 121 Å². The zero-order valence-corrected chi connectivity index (χ0v) is 53.8. The summed E-state index contributed by atoms with van der Waals surface area (Å²) in [6.45, 7) is 25.0. The monoisotopic (exact) mass is 1270 g/mol. The Morgan fingerprint density at radius 1 is 0.516 bits per heavy atom. The molecule has 0 spiro atoms. The molecule has 8 aromatic rings. The number of nitrogens with one attached hydrogen (secondary N) is 5. The van der Waals surface area contributed by atoms with Crippen molar-refractivity contribution < 1.29 is 33.8 Å². The van der Waals surface area contributed by atoms with E-state index in [1.807, 2.05) is 50.3 Å². The van der Waals surface area contributed by atoms with E-state index in [9.17, 15) is 19.2 Å². The number of likely N-dealkylation sites (tertiary alicyclic amines) is 1. The number of piperidine rings is 1. The number of morpholine rings is 2. The number of carboxylic acids is 1. The fourth-order valence-electron chi connectivity index (χ4n) is 11.3. The molecule has 4 saturated heterocycles. The third kappa shape index (κ3) is 17.8. The number of anilines is 6. The maximum atomic E-state index is 13.0. The third-order valence-corrected chi connectivity index (χ3v) is 16.5. The van der Waals surface area contributed by atoms with Crippen molar-refractivity contribution in [2.24, 2.45) is 0 Å². The number of aromatic nitrogens is 6. The van der Waals surface area contributed by atoms with Crippen LogP contribution in [0, 0.1) is 0 Å². The van der Waals surface area contributed by atoms with Gasteiger partial charge in [-0.3, -0.25) is 4.79 Å². The number of carboxylic acid groups (broad SMARTS) is 1. The number of rotatable bonds is 11. The molecule has 0 unspecified atom stereocenters. The van der Waals surface area contributed by atoms with Crippen LogP contribution in [0.3, 0.4) is 0 Å². The van der Waals surface area contributed by atoms with Crippen LogP contribution in [-0.4, -0.2) is 192 Å². The van der Waals surface area contributed by atoms with Crippen LogP contribution in [0.4, 0.5) is 44.0 Å². The second-order valence-corrected chi connectivity index (χ2v) is 25.6. The number of urea groups is 2. The number of carbonyl (C=O) groups is 4. The Bertz CT molecular complexity index is 3780. The van der Waals surface area contributed by atoms with Gasteiger partial charge in [0.1, 0.15) is 11.0 Å². The highest BCUT2D eigenvalue weighted by Crippen LogP contribution is 2.33. The zero-order chi connectivity index (χ0) is 64.4. The van der Waals surface area contributed by atoms with E-state index in [0.29, 0.717) is 72.4 Å². The lowest BCUT2D eigenvalue weighted by Crippen LogP contribution is -2.44. The molecule has 4 aromatic heterocycles. The van der Waals surface area contributed by atoms with E-state index in [2.05, 4.69) is 133 Å². The van der Waals surface area contributed by atoms with Gasteiger partial charge in [-0.25, -0.2) is 33.4 Å². The normalized spacial score (nSPS) is 15.6. The lowest BCUT2D eigenvalue weighted by Gasteiger charge is -2.35. The summed E-state index contributed by atoms with van der Waals surface area (Å²) in [4.78, 5) is 70.2. The Labute approximate surface area is 546 Å². The highest BCUT2D eigenvalue weighted by atomic mass is 16.5. The number of amides is 5. The number of fused-ring (bicyclic) bond motifs is 2. The van der Waals surface area contributed by atoms with Gasteiger partial charge in [0.25, 0.3) is 5.91 Å². The summed E-state index contributed by atoms with van der Waals surface area (Å²) in [5.74, 6) is 1.99. The first-order chi connectivity index (χ1) is 43.6. The molecule has 0 aliphatic carbocycles. The minimum absolute atomic E-state index is 0. The van der Waals surface area contributed by atoms with Crippen molar-refractivity contribution in [3.05, 3.63) is 144 Å². The molecule has 93 heavy (non-hydrogen) atoms. The van der Waals surface area contributed by atoms with Crippen LogP contribution >= 0.6 is 0 Å². The molecule has 5 amide bonds. The number of hydrogen-bond donors (Lipinski definition) is 6. The maximum absolute atomic E-state index is 13.0. The number of ether oxygens (including phenoxy) is 2. The van der Waals surface area contributed by atoms with Gasteiger partial charge in [-0.05, 0) is 155 Å². The first kappa shape index (κ1) is 69.9. The Hall–Kier alpha value is -9.00. The number of aromatic carboxylic acids is 1. The maximum Gasteiger partial charge on any atom is 0.335 e. The predicted octanol–water partition coefficient (Wildman–Crippen LogP) is 11.0. The minimum atomic E-state index is -1.02. The molecule has 23 heteroatoms. The van der Waals surface area contributed by atoms with E-state index in [1.54, 1.807) is 48.5 Å². The molecule has 12 rings (SSSR count). The second-order valence-electron chi connectivity index (χ2n) is 25.6. The highest BCUT2D eigenvalue weighted by Gasteiger charge is 2.28. The molecule has 8 heterocycles. The summed E-state index contributed by atoms with van der Waals surface area (Å²) in [5.41, 5.74) is 8.73. The SMILES string of the molecule is C.C.CC(C)(C)c1ccc2c(N3CCOCC3)nc(-c3ccc(NC(=O)Nc4ccc(C(=O)O)cc4)cc3)nn12.CN(C)C1CCN(C(=O)c2ccc(NC(=O)Nc3ccc(-c4nc(N5CCOCC5)c5ccc(C(C)(C)C)n5n4)cc3)cc2)CC1.CN1CCNCC1. The van der Waals surface area contributed by atoms with Crippen LogP contribution < -0.4 is 36.4 Å². The molecule has 6 N–H and O–H groups in total. The topological polar surface area (TPSA) is 244 Å². The molecule has 0 radical (unpaired) electrons. The van der Waals surface area contributed by atoms with Crippen molar-refractivity contribution in [1.29, 1.82) is 0 Å². The van der Waals surface area contributed by atoms with Crippen LogP contribution in [0.2, 0.25) is 0 Å². The van der Waals surface area contributed by atoms with E-state index >= 15 is 0 Å². The first-order valence-corrected chi connectivity index (χ1v) is 31.3. The third-order valence-electron chi connectivity index (χ3n) is 16.5. The largest absolute Gasteiger partial charge is 0.478 e. The zero-order valence-electron chi connectivity index (χ0n) is 53.8. The summed E-state index contributed by atoms with van der Waals surface area (Å²) in [7, 11) is 6.33. The molecular formula is C70H94N16O7. The summed E-state index contributed by atoms with van der Waals surface area (Å²) in [6.07, 6.45) is 1.95. The molecule has 496 valence electrons. The number of carbonyl (C=O) groups excluding carboxylic acids is 3. The molecule has 4 aromatic carbocycles. The second kappa shape index (κ2) is 31.1. The van der Waals surface area contributed by atoms with Gasteiger partial charge in [0.05, 0.1) is 32.0 Å². The summed E-state index contributed by atoms with van der Waals surface area (Å²) < 4.78 is 15.1. The predicted molar refractivity (Wildman–Crippen MR) is 372 cm³/mol. The van der Waals surface area contributed by atoms with Crippen LogP contribution in [0.1, 0.15) is 101 Å². The van der Waals surface area contributed by atoms with Crippen molar-refractivity contribution in [3.63, 3.8) is 0 Å². The molecule has 4 aliphatic heterocycles. The number of piperazine rings is 1.